The summed E-state index contributed by atoms with van der Waals surface area (Å²) in [6.07, 6.45) is 0. The largest absolute Gasteiger partial charge is 0.495 e. The molecule has 1 amide bonds. The van der Waals surface area contributed by atoms with Crippen molar-refractivity contribution in [2.75, 3.05) is 17.7 Å². The fourth-order valence-corrected chi connectivity index (χ4v) is 3.54. The van der Waals surface area contributed by atoms with Gasteiger partial charge in [0.05, 0.1) is 17.7 Å². The predicted molar refractivity (Wildman–Crippen MR) is 137 cm³/mol. The minimum atomic E-state index is -0.810. The van der Waals surface area contributed by atoms with E-state index < -0.39 is 11.0 Å². The average Bonchev–Trinajstić information content (AvgIpc) is 2.83. The number of ether oxygens (including phenoxy) is 1. The molecule has 3 N–H and O–H groups in total. The van der Waals surface area contributed by atoms with E-state index >= 15 is 0 Å². The Kier molecular flexibility index (Phi) is 8.15. The number of nitro benzene ring substituents is 1. The van der Waals surface area contributed by atoms with Crippen LogP contribution in [-0.2, 0) is 4.79 Å². The Bertz CT molecular complexity index is 1170. The molecule has 0 aliphatic heterocycles. The van der Waals surface area contributed by atoms with Gasteiger partial charge >= 0.3 is 0 Å². The molecule has 9 heteroatoms. The lowest BCUT2D eigenvalue weighted by Gasteiger charge is -2.21. The molecular formula is C25H26N4O4S. The standard InChI is InChI=1S/C25H26N4O4S/c1-16(2)17-9-11-19(12-10-17)26-24(30)23(18-7-5-4-6-8-18)28-25(34)27-21-15-20(29(31)32)13-14-22(21)33-3/h4-16,23H,1-3H3,(H,26,30)(H2,27,28,34). The first kappa shape index (κ1) is 24.7. The Hall–Kier alpha value is -3.98. The van der Waals surface area contributed by atoms with Crippen molar-refractivity contribution >= 4 is 40.3 Å². The van der Waals surface area contributed by atoms with Gasteiger partial charge in [0.1, 0.15) is 11.8 Å². The Morgan fingerprint density at radius 1 is 0.971 bits per heavy atom. The highest BCUT2D eigenvalue weighted by Crippen LogP contribution is 2.29. The molecule has 0 saturated heterocycles. The van der Waals surface area contributed by atoms with Crippen LogP contribution in [0.4, 0.5) is 17.1 Å². The van der Waals surface area contributed by atoms with Crippen LogP contribution in [0.15, 0.2) is 72.8 Å². The zero-order chi connectivity index (χ0) is 24.7. The van der Waals surface area contributed by atoms with E-state index in [4.69, 9.17) is 17.0 Å². The Morgan fingerprint density at radius 3 is 2.24 bits per heavy atom. The molecular weight excluding hydrogens is 452 g/mol. The number of carbonyl (C=O) groups excluding carboxylic acids is 1. The zero-order valence-corrected chi connectivity index (χ0v) is 19.9. The van der Waals surface area contributed by atoms with Crippen LogP contribution in [-0.4, -0.2) is 23.1 Å². The summed E-state index contributed by atoms with van der Waals surface area (Å²) in [5.74, 6) is 0.456. The van der Waals surface area contributed by atoms with Crippen molar-refractivity contribution in [3.05, 3.63) is 94.0 Å². The Balaban J connectivity index is 1.80. The van der Waals surface area contributed by atoms with Crippen LogP contribution in [0.25, 0.3) is 0 Å². The maximum absolute atomic E-state index is 13.2. The smallest absolute Gasteiger partial charge is 0.271 e. The van der Waals surface area contributed by atoms with E-state index in [-0.39, 0.29) is 16.7 Å². The maximum atomic E-state index is 13.2. The number of nitrogens with zero attached hydrogens (tertiary/aromatic N) is 1. The molecule has 8 nitrogen and oxygen atoms in total. The number of hydrogen-bond acceptors (Lipinski definition) is 5. The first-order valence-electron chi connectivity index (χ1n) is 10.6. The lowest BCUT2D eigenvalue weighted by Crippen LogP contribution is -2.39. The van der Waals surface area contributed by atoms with Gasteiger partial charge in [-0.3, -0.25) is 14.9 Å². The number of anilines is 2. The third-order valence-electron chi connectivity index (χ3n) is 5.16. The van der Waals surface area contributed by atoms with Crippen molar-refractivity contribution in [3.8, 4) is 5.75 Å². The van der Waals surface area contributed by atoms with E-state index in [2.05, 4.69) is 29.8 Å². The van der Waals surface area contributed by atoms with Gasteiger partial charge in [0.25, 0.3) is 11.6 Å². The van der Waals surface area contributed by atoms with Gasteiger partial charge in [0, 0.05) is 17.8 Å². The minimum absolute atomic E-state index is 0.109. The van der Waals surface area contributed by atoms with Gasteiger partial charge in [0.15, 0.2) is 5.11 Å². The Morgan fingerprint density at radius 2 is 1.65 bits per heavy atom. The summed E-state index contributed by atoms with van der Waals surface area (Å²) in [7, 11) is 1.45. The fourth-order valence-electron chi connectivity index (χ4n) is 3.31. The molecule has 3 rings (SSSR count). The molecule has 0 spiro atoms. The molecule has 0 aliphatic rings. The highest BCUT2D eigenvalue weighted by Gasteiger charge is 2.22. The minimum Gasteiger partial charge on any atom is -0.495 e. The van der Waals surface area contributed by atoms with Gasteiger partial charge in [-0.05, 0) is 47.5 Å². The molecule has 0 saturated carbocycles. The highest BCUT2D eigenvalue weighted by molar-refractivity contribution is 7.80. The number of non-ortho nitro benzene ring substituents is 1. The van der Waals surface area contributed by atoms with Gasteiger partial charge < -0.3 is 20.7 Å². The van der Waals surface area contributed by atoms with E-state index in [0.717, 1.165) is 0 Å². The molecule has 0 radical (unpaired) electrons. The molecule has 176 valence electrons. The van der Waals surface area contributed by atoms with E-state index in [1.807, 2.05) is 54.6 Å². The number of carbonyl (C=O) groups is 1. The fraction of sp³-hybridized carbons (Fsp3) is 0.200. The monoisotopic (exact) mass is 478 g/mol. The second kappa shape index (κ2) is 11.2. The normalized spacial score (nSPS) is 11.4. The Labute approximate surface area is 203 Å². The molecule has 34 heavy (non-hydrogen) atoms. The number of nitro groups is 1. The summed E-state index contributed by atoms with van der Waals surface area (Å²) < 4.78 is 5.27. The molecule has 0 bridgehead atoms. The van der Waals surface area contributed by atoms with Crippen molar-refractivity contribution in [2.24, 2.45) is 0 Å². The van der Waals surface area contributed by atoms with E-state index in [1.165, 1.54) is 30.9 Å². The molecule has 3 aromatic carbocycles. The summed E-state index contributed by atoms with van der Waals surface area (Å²) in [5.41, 5.74) is 2.73. The summed E-state index contributed by atoms with van der Waals surface area (Å²) in [5, 5.41) is 20.1. The maximum Gasteiger partial charge on any atom is 0.271 e. The van der Waals surface area contributed by atoms with Gasteiger partial charge in [-0.25, -0.2) is 0 Å². The number of hydrogen-bond donors (Lipinski definition) is 3. The summed E-state index contributed by atoms with van der Waals surface area (Å²) in [6.45, 7) is 4.21. The van der Waals surface area contributed by atoms with Gasteiger partial charge in [-0.1, -0.05) is 56.3 Å². The molecule has 0 fully saturated rings. The average molecular weight is 479 g/mol. The van der Waals surface area contributed by atoms with Gasteiger partial charge in [0.2, 0.25) is 0 Å². The lowest BCUT2D eigenvalue weighted by molar-refractivity contribution is -0.384. The number of amides is 1. The van der Waals surface area contributed by atoms with Crippen molar-refractivity contribution in [1.82, 2.24) is 5.32 Å². The van der Waals surface area contributed by atoms with Crippen LogP contribution in [0.5, 0.6) is 5.75 Å². The topological polar surface area (TPSA) is 106 Å². The molecule has 1 unspecified atom stereocenters. The van der Waals surface area contributed by atoms with Crippen LogP contribution < -0.4 is 20.7 Å². The van der Waals surface area contributed by atoms with Crippen LogP contribution >= 0.6 is 12.2 Å². The first-order chi connectivity index (χ1) is 16.3. The summed E-state index contributed by atoms with van der Waals surface area (Å²) >= 11 is 5.43. The van der Waals surface area contributed by atoms with Gasteiger partial charge in [-0.15, -0.1) is 0 Å². The summed E-state index contributed by atoms with van der Waals surface area (Å²) in [6, 6.07) is 20.1. The number of rotatable bonds is 8. The van der Waals surface area contributed by atoms with Gasteiger partial charge in [-0.2, -0.15) is 0 Å². The third kappa shape index (κ3) is 6.29. The first-order valence-corrected chi connectivity index (χ1v) is 11.0. The molecule has 0 aliphatic carbocycles. The van der Waals surface area contributed by atoms with Crippen molar-refractivity contribution in [3.63, 3.8) is 0 Å². The van der Waals surface area contributed by atoms with E-state index in [9.17, 15) is 14.9 Å². The molecule has 0 heterocycles. The number of thiocarbonyl (C=S) groups is 1. The van der Waals surface area contributed by atoms with E-state index in [0.29, 0.717) is 28.6 Å². The third-order valence-corrected chi connectivity index (χ3v) is 5.38. The molecule has 1 atom stereocenters. The van der Waals surface area contributed by atoms with Crippen LogP contribution in [0.2, 0.25) is 0 Å². The lowest BCUT2D eigenvalue weighted by atomic mass is 10.0. The van der Waals surface area contributed by atoms with Crippen molar-refractivity contribution in [1.29, 1.82) is 0 Å². The van der Waals surface area contributed by atoms with Crippen LogP contribution in [0, 0.1) is 10.1 Å². The number of methoxy groups -OCH3 is 1. The quantitative estimate of drug-likeness (QED) is 0.226. The van der Waals surface area contributed by atoms with Crippen molar-refractivity contribution in [2.45, 2.75) is 25.8 Å². The summed E-state index contributed by atoms with van der Waals surface area (Å²) in [4.78, 5) is 23.9. The van der Waals surface area contributed by atoms with E-state index in [1.54, 1.807) is 0 Å². The van der Waals surface area contributed by atoms with Crippen LogP contribution in [0.3, 0.4) is 0 Å². The highest BCUT2D eigenvalue weighted by atomic mass is 32.1. The SMILES string of the molecule is COc1ccc([N+](=O)[O-])cc1NC(=S)NC(C(=O)Nc1ccc(C(C)C)cc1)c1ccccc1. The molecule has 0 aromatic heterocycles. The van der Waals surface area contributed by atoms with Crippen molar-refractivity contribution < 1.29 is 14.5 Å². The second-order valence-electron chi connectivity index (χ2n) is 7.85. The number of nitrogens with one attached hydrogen (secondary N) is 3. The predicted octanol–water partition coefficient (Wildman–Crippen LogP) is 5.39. The molecule has 3 aromatic rings. The van der Waals surface area contributed by atoms with Crippen LogP contribution in [0.1, 0.15) is 36.9 Å². The number of benzene rings is 3. The zero-order valence-electron chi connectivity index (χ0n) is 19.1. The second-order valence-corrected chi connectivity index (χ2v) is 8.26.